The summed E-state index contributed by atoms with van der Waals surface area (Å²) in [4.78, 5) is 14.2. The summed E-state index contributed by atoms with van der Waals surface area (Å²) in [6.45, 7) is 1.95. The molecular formula is C16H13Cl2NO. The molecule has 0 saturated heterocycles. The maximum Gasteiger partial charge on any atom is 0.238 e. The second kappa shape index (κ2) is 4.80. The van der Waals surface area contributed by atoms with E-state index in [1.807, 2.05) is 43.3 Å². The first-order valence-corrected chi connectivity index (χ1v) is 7.07. The molecule has 0 aromatic heterocycles. The summed E-state index contributed by atoms with van der Waals surface area (Å²) >= 11 is 12.1. The van der Waals surface area contributed by atoms with Gasteiger partial charge in [-0.25, -0.2) is 0 Å². The van der Waals surface area contributed by atoms with E-state index in [2.05, 4.69) is 0 Å². The van der Waals surface area contributed by atoms with Crippen LogP contribution in [-0.2, 0) is 4.79 Å². The van der Waals surface area contributed by atoms with E-state index in [0.717, 1.165) is 22.4 Å². The molecule has 1 heterocycles. The Balaban J connectivity index is 2.17. The van der Waals surface area contributed by atoms with E-state index in [4.69, 9.17) is 23.2 Å². The molecule has 1 amide bonds. The number of rotatable bonds is 1. The van der Waals surface area contributed by atoms with E-state index in [0.29, 0.717) is 10.0 Å². The maximum absolute atomic E-state index is 12.5. The Bertz CT molecular complexity index is 694. The van der Waals surface area contributed by atoms with Gasteiger partial charge in [-0.05, 0) is 41.8 Å². The molecule has 1 aliphatic heterocycles. The van der Waals surface area contributed by atoms with E-state index in [1.54, 1.807) is 11.9 Å². The van der Waals surface area contributed by atoms with Crippen LogP contribution in [0.4, 0.5) is 5.69 Å². The molecule has 0 N–H and O–H groups in total. The number of fused-ring (bicyclic) bond motifs is 1. The maximum atomic E-state index is 12.5. The molecule has 102 valence electrons. The van der Waals surface area contributed by atoms with Crippen LogP contribution in [0.3, 0.4) is 0 Å². The number of nitrogens with zero attached hydrogens (tertiary/aromatic N) is 1. The summed E-state index contributed by atoms with van der Waals surface area (Å²) in [6, 6.07) is 11.3. The predicted molar refractivity (Wildman–Crippen MR) is 82.9 cm³/mol. The highest BCUT2D eigenvalue weighted by molar-refractivity contribution is 6.32. The number of amides is 1. The zero-order valence-corrected chi connectivity index (χ0v) is 12.7. The van der Waals surface area contributed by atoms with Gasteiger partial charge in [0.2, 0.25) is 5.91 Å². The van der Waals surface area contributed by atoms with Crippen molar-refractivity contribution in [3.63, 3.8) is 0 Å². The van der Waals surface area contributed by atoms with Gasteiger partial charge in [-0.2, -0.15) is 0 Å². The van der Waals surface area contributed by atoms with Crippen molar-refractivity contribution in [3.8, 4) is 0 Å². The minimum absolute atomic E-state index is 0.0592. The van der Waals surface area contributed by atoms with Crippen LogP contribution in [0.5, 0.6) is 0 Å². The zero-order chi connectivity index (χ0) is 14.4. The van der Waals surface area contributed by atoms with Gasteiger partial charge in [0.1, 0.15) is 0 Å². The molecule has 0 spiro atoms. The Kier molecular flexibility index (Phi) is 3.23. The number of aryl methyl sites for hydroxylation is 1. The molecule has 0 saturated carbocycles. The molecule has 0 bridgehead atoms. The van der Waals surface area contributed by atoms with Crippen LogP contribution < -0.4 is 4.90 Å². The van der Waals surface area contributed by atoms with Gasteiger partial charge in [0.25, 0.3) is 0 Å². The zero-order valence-electron chi connectivity index (χ0n) is 11.2. The highest BCUT2D eigenvalue weighted by Crippen LogP contribution is 2.42. The highest BCUT2D eigenvalue weighted by atomic mass is 35.5. The fraction of sp³-hybridized carbons (Fsp3) is 0.188. The molecule has 1 aliphatic rings. The summed E-state index contributed by atoms with van der Waals surface area (Å²) in [5.74, 6) is -0.216. The molecule has 0 radical (unpaired) electrons. The standard InChI is InChI=1S/C16H13Cl2NO/c1-9-7-12-14(8-13(9)18)19(2)16(20)15(12)10-3-5-11(17)6-4-10/h3-8,15H,1-2H3. The lowest BCUT2D eigenvalue weighted by atomic mass is 9.92. The highest BCUT2D eigenvalue weighted by Gasteiger charge is 2.36. The Morgan fingerprint density at radius 2 is 1.75 bits per heavy atom. The molecule has 2 nitrogen and oxygen atoms in total. The van der Waals surface area contributed by atoms with Gasteiger partial charge in [-0.15, -0.1) is 0 Å². The third-order valence-electron chi connectivity index (χ3n) is 3.76. The fourth-order valence-corrected chi connectivity index (χ4v) is 2.92. The number of hydrogen-bond acceptors (Lipinski definition) is 1. The molecule has 3 rings (SSSR count). The van der Waals surface area contributed by atoms with Gasteiger partial charge in [0, 0.05) is 22.8 Å². The molecule has 4 heteroatoms. The van der Waals surface area contributed by atoms with Gasteiger partial charge in [0.05, 0.1) is 5.92 Å². The summed E-state index contributed by atoms with van der Waals surface area (Å²) in [5.41, 5.74) is 3.81. The van der Waals surface area contributed by atoms with Gasteiger partial charge in [-0.1, -0.05) is 41.4 Å². The van der Waals surface area contributed by atoms with E-state index in [9.17, 15) is 4.79 Å². The van der Waals surface area contributed by atoms with E-state index in [-0.39, 0.29) is 11.8 Å². The molecule has 1 atom stereocenters. The largest absolute Gasteiger partial charge is 0.314 e. The topological polar surface area (TPSA) is 20.3 Å². The van der Waals surface area contributed by atoms with Gasteiger partial charge in [0.15, 0.2) is 0 Å². The Morgan fingerprint density at radius 3 is 2.40 bits per heavy atom. The lowest BCUT2D eigenvalue weighted by molar-refractivity contribution is -0.118. The van der Waals surface area contributed by atoms with Crippen LogP contribution in [0.1, 0.15) is 22.6 Å². The minimum Gasteiger partial charge on any atom is -0.314 e. The van der Waals surface area contributed by atoms with E-state index >= 15 is 0 Å². The van der Waals surface area contributed by atoms with Crippen LogP contribution >= 0.6 is 23.2 Å². The molecular weight excluding hydrogens is 293 g/mol. The van der Waals surface area contributed by atoms with Crippen molar-refractivity contribution in [1.82, 2.24) is 0 Å². The van der Waals surface area contributed by atoms with Crippen molar-refractivity contribution < 1.29 is 4.79 Å². The number of anilines is 1. The Hall–Kier alpha value is -1.51. The number of hydrogen-bond donors (Lipinski definition) is 0. The lowest BCUT2D eigenvalue weighted by Crippen LogP contribution is -2.24. The van der Waals surface area contributed by atoms with Crippen LogP contribution in [0, 0.1) is 6.92 Å². The first kappa shape index (κ1) is 13.5. The van der Waals surface area contributed by atoms with Gasteiger partial charge in [-0.3, -0.25) is 4.79 Å². The number of halogens is 2. The van der Waals surface area contributed by atoms with Crippen LogP contribution in [0.2, 0.25) is 10.0 Å². The SMILES string of the molecule is Cc1cc2c(cc1Cl)N(C)C(=O)C2c1ccc(Cl)cc1. The Morgan fingerprint density at radius 1 is 1.10 bits per heavy atom. The Labute approximate surface area is 127 Å². The second-order valence-corrected chi connectivity index (χ2v) is 5.89. The molecule has 20 heavy (non-hydrogen) atoms. The normalized spacial score (nSPS) is 17.5. The molecule has 2 aromatic carbocycles. The number of carbonyl (C=O) groups is 1. The van der Waals surface area contributed by atoms with Crippen molar-refractivity contribution in [2.24, 2.45) is 0 Å². The van der Waals surface area contributed by atoms with Crippen molar-refractivity contribution in [1.29, 1.82) is 0 Å². The molecule has 2 aromatic rings. The van der Waals surface area contributed by atoms with Crippen LogP contribution in [-0.4, -0.2) is 13.0 Å². The average molecular weight is 306 g/mol. The summed E-state index contributed by atoms with van der Waals surface area (Å²) < 4.78 is 0. The number of carbonyl (C=O) groups excluding carboxylic acids is 1. The fourth-order valence-electron chi connectivity index (χ4n) is 2.64. The predicted octanol–water partition coefficient (Wildman–Crippen LogP) is 4.41. The van der Waals surface area contributed by atoms with E-state index in [1.165, 1.54) is 0 Å². The van der Waals surface area contributed by atoms with Crippen LogP contribution in [0.25, 0.3) is 0 Å². The number of likely N-dealkylation sites (N-methyl/N-ethyl adjacent to an activating group) is 1. The number of benzene rings is 2. The summed E-state index contributed by atoms with van der Waals surface area (Å²) in [6.07, 6.45) is 0. The first-order valence-electron chi connectivity index (χ1n) is 6.32. The molecule has 0 fully saturated rings. The molecule has 1 unspecified atom stereocenters. The van der Waals surface area contributed by atoms with Gasteiger partial charge < -0.3 is 4.90 Å². The van der Waals surface area contributed by atoms with Crippen molar-refractivity contribution in [2.75, 3.05) is 11.9 Å². The summed E-state index contributed by atoms with van der Waals surface area (Å²) in [5, 5.41) is 1.35. The minimum atomic E-state index is -0.275. The second-order valence-electron chi connectivity index (χ2n) is 5.04. The summed E-state index contributed by atoms with van der Waals surface area (Å²) in [7, 11) is 1.78. The van der Waals surface area contributed by atoms with Gasteiger partial charge >= 0.3 is 0 Å². The molecule has 0 aliphatic carbocycles. The van der Waals surface area contributed by atoms with Crippen LogP contribution in [0.15, 0.2) is 36.4 Å². The van der Waals surface area contributed by atoms with Crippen molar-refractivity contribution >= 4 is 34.8 Å². The van der Waals surface area contributed by atoms with Crippen molar-refractivity contribution in [3.05, 3.63) is 63.1 Å². The quantitative estimate of drug-likeness (QED) is 0.764. The monoisotopic (exact) mass is 305 g/mol. The third kappa shape index (κ3) is 2.00. The lowest BCUT2D eigenvalue weighted by Gasteiger charge is -2.11. The van der Waals surface area contributed by atoms with E-state index < -0.39 is 0 Å². The smallest absolute Gasteiger partial charge is 0.238 e. The third-order valence-corrected chi connectivity index (χ3v) is 4.42. The average Bonchev–Trinajstić information content (AvgIpc) is 2.65. The first-order chi connectivity index (χ1) is 9.49. The van der Waals surface area contributed by atoms with Crippen molar-refractivity contribution in [2.45, 2.75) is 12.8 Å².